The largest absolute Gasteiger partial charge is 0.355 e. The predicted octanol–water partition coefficient (Wildman–Crippen LogP) is 11.9. The Labute approximate surface area is 259 Å². The van der Waals surface area contributed by atoms with Crippen LogP contribution in [-0.4, -0.2) is 0 Å². The normalized spacial score (nSPS) is 13.0. The van der Waals surface area contributed by atoms with Crippen LogP contribution in [0.5, 0.6) is 0 Å². The van der Waals surface area contributed by atoms with Crippen LogP contribution in [0.25, 0.3) is 55.3 Å². The summed E-state index contributed by atoms with van der Waals surface area (Å²) in [6.07, 6.45) is 0. The van der Waals surface area contributed by atoms with E-state index in [9.17, 15) is 0 Å². The number of benzene rings is 7. The first-order valence-corrected chi connectivity index (χ1v) is 15.4. The molecular formula is C43H33N. The van der Waals surface area contributed by atoms with Gasteiger partial charge in [0.05, 0.1) is 0 Å². The second-order valence-electron chi connectivity index (χ2n) is 12.3. The molecular weight excluding hydrogens is 530 g/mol. The number of rotatable bonds is 5. The van der Waals surface area contributed by atoms with Gasteiger partial charge < -0.3 is 5.32 Å². The molecule has 1 nitrogen and oxygen atoms in total. The molecule has 0 atom stereocenters. The van der Waals surface area contributed by atoms with Gasteiger partial charge in [0.2, 0.25) is 0 Å². The van der Waals surface area contributed by atoms with Crippen molar-refractivity contribution in [3.8, 4) is 44.5 Å². The van der Waals surface area contributed by atoms with Crippen molar-refractivity contribution in [1.82, 2.24) is 0 Å². The van der Waals surface area contributed by atoms with Gasteiger partial charge in [-0.3, -0.25) is 0 Å². The molecule has 0 heterocycles. The molecule has 44 heavy (non-hydrogen) atoms. The molecule has 0 spiro atoms. The van der Waals surface area contributed by atoms with Crippen molar-refractivity contribution >= 4 is 22.1 Å². The lowest BCUT2D eigenvalue weighted by Crippen LogP contribution is -2.14. The maximum Gasteiger partial charge on any atom is 0.0463 e. The highest BCUT2D eigenvalue weighted by molar-refractivity contribution is 5.99. The summed E-state index contributed by atoms with van der Waals surface area (Å²) in [5.41, 5.74) is 14.9. The Morgan fingerprint density at radius 3 is 1.93 bits per heavy atom. The summed E-state index contributed by atoms with van der Waals surface area (Å²) in [4.78, 5) is 0. The molecule has 0 unspecified atom stereocenters. The number of hydrogen-bond acceptors (Lipinski definition) is 1. The van der Waals surface area contributed by atoms with E-state index in [0.29, 0.717) is 0 Å². The number of anilines is 2. The molecule has 0 amide bonds. The van der Waals surface area contributed by atoms with Gasteiger partial charge in [-0.2, -0.15) is 0 Å². The van der Waals surface area contributed by atoms with Crippen molar-refractivity contribution in [2.45, 2.75) is 19.3 Å². The van der Waals surface area contributed by atoms with E-state index in [1.54, 1.807) is 0 Å². The Morgan fingerprint density at radius 1 is 0.409 bits per heavy atom. The third-order valence-corrected chi connectivity index (χ3v) is 9.27. The minimum Gasteiger partial charge on any atom is -0.355 e. The van der Waals surface area contributed by atoms with Crippen LogP contribution in [0, 0.1) is 0 Å². The lowest BCUT2D eigenvalue weighted by atomic mass is 9.81. The Balaban J connectivity index is 1.27. The second kappa shape index (κ2) is 10.4. The molecule has 0 aliphatic heterocycles. The number of hydrogen-bond donors (Lipinski definition) is 1. The van der Waals surface area contributed by atoms with Gasteiger partial charge >= 0.3 is 0 Å². The fourth-order valence-electron chi connectivity index (χ4n) is 7.05. The summed E-state index contributed by atoms with van der Waals surface area (Å²) >= 11 is 0. The molecule has 1 aliphatic carbocycles. The predicted molar refractivity (Wildman–Crippen MR) is 188 cm³/mol. The fraction of sp³-hybridized carbons (Fsp3) is 0.0698. The van der Waals surface area contributed by atoms with Gasteiger partial charge in [-0.25, -0.2) is 0 Å². The number of para-hydroxylation sites is 1. The first kappa shape index (κ1) is 26.2. The first-order valence-electron chi connectivity index (χ1n) is 15.4. The maximum absolute atomic E-state index is 3.77. The van der Waals surface area contributed by atoms with Gasteiger partial charge in [0, 0.05) is 22.4 Å². The van der Waals surface area contributed by atoms with E-state index >= 15 is 0 Å². The topological polar surface area (TPSA) is 12.0 Å². The zero-order valence-electron chi connectivity index (χ0n) is 25.0. The van der Waals surface area contributed by atoms with E-state index in [1.165, 1.54) is 66.4 Å². The average molecular weight is 564 g/mol. The van der Waals surface area contributed by atoms with E-state index in [4.69, 9.17) is 0 Å². The summed E-state index contributed by atoms with van der Waals surface area (Å²) in [5, 5.41) is 6.30. The first-order chi connectivity index (χ1) is 21.6. The smallest absolute Gasteiger partial charge is 0.0463 e. The highest BCUT2D eigenvalue weighted by Gasteiger charge is 2.37. The summed E-state index contributed by atoms with van der Waals surface area (Å²) < 4.78 is 0. The maximum atomic E-state index is 3.77. The van der Waals surface area contributed by atoms with Gasteiger partial charge in [0.25, 0.3) is 0 Å². The second-order valence-corrected chi connectivity index (χ2v) is 12.3. The molecule has 0 radical (unpaired) electrons. The third-order valence-electron chi connectivity index (χ3n) is 9.27. The number of fused-ring (bicyclic) bond motifs is 4. The molecule has 0 fully saturated rings. The Morgan fingerprint density at radius 2 is 1.09 bits per heavy atom. The summed E-state index contributed by atoms with van der Waals surface area (Å²) in [6.45, 7) is 4.71. The van der Waals surface area contributed by atoms with Crippen LogP contribution in [0.15, 0.2) is 158 Å². The van der Waals surface area contributed by atoms with Gasteiger partial charge in [0.15, 0.2) is 0 Å². The minimum atomic E-state index is -0.0982. The SMILES string of the molecule is CC1(C)c2ccc(Nc3ccccc3-c3ccccc3)cc2-c2c(-c3ccccc3-c3ccc4ccccc4c3)cccc21. The standard InChI is InChI=1S/C43H33N/c1-43(2)39-26-25-33(44-41-22-11-10-18-35(41)30-14-4-3-5-15-30)28-38(39)42-37(20-12-21-40(42)43)36-19-9-8-17-34(36)32-24-23-29-13-6-7-16-31(29)27-32/h3-28,44H,1-2H3. The lowest BCUT2D eigenvalue weighted by molar-refractivity contribution is 0.660. The van der Waals surface area contributed by atoms with Crippen molar-refractivity contribution in [2.75, 3.05) is 5.32 Å². The highest BCUT2D eigenvalue weighted by atomic mass is 14.9. The van der Waals surface area contributed by atoms with E-state index in [2.05, 4.69) is 177 Å². The molecule has 1 aliphatic rings. The zero-order chi connectivity index (χ0) is 29.7. The van der Waals surface area contributed by atoms with Crippen molar-refractivity contribution in [1.29, 1.82) is 0 Å². The van der Waals surface area contributed by atoms with Crippen LogP contribution in [0.2, 0.25) is 0 Å². The van der Waals surface area contributed by atoms with Crippen molar-refractivity contribution < 1.29 is 0 Å². The highest BCUT2D eigenvalue weighted by Crippen LogP contribution is 2.53. The zero-order valence-corrected chi connectivity index (χ0v) is 25.0. The van der Waals surface area contributed by atoms with Crippen LogP contribution in [0.4, 0.5) is 11.4 Å². The van der Waals surface area contributed by atoms with Crippen LogP contribution >= 0.6 is 0 Å². The molecule has 0 saturated carbocycles. The van der Waals surface area contributed by atoms with Gasteiger partial charge in [-0.15, -0.1) is 0 Å². The van der Waals surface area contributed by atoms with Crippen molar-refractivity contribution in [2.24, 2.45) is 0 Å². The van der Waals surface area contributed by atoms with Gasteiger partial charge in [0.1, 0.15) is 0 Å². The van der Waals surface area contributed by atoms with Crippen molar-refractivity contribution in [3.05, 3.63) is 169 Å². The summed E-state index contributed by atoms with van der Waals surface area (Å²) in [6, 6.07) is 57.2. The van der Waals surface area contributed by atoms with Crippen LogP contribution in [0.3, 0.4) is 0 Å². The van der Waals surface area contributed by atoms with Crippen LogP contribution in [-0.2, 0) is 5.41 Å². The monoisotopic (exact) mass is 563 g/mol. The average Bonchev–Trinajstić information content (AvgIpc) is 3.31. The summed E-state index contributed by atoms with van der Waals surface area (Å²) in [7, 11) is 0. The Hall–Kier alpha value is -5.40. The van der Waals surface area contributed by atoms with E-state index in [0.717, 1.165) is 11.4 Å². The molecule has 7 aromatic carbocycles. The third kappa shape index (κ3) is 4.32. The Bertz CT molecular complexity index is 2170. The van der Waals surface area contributed by atoms with E-state index in [-0.39, 0.29) is 5.41 Å². The van der Waals surface area contributed by atoms with Gasteiger partial charge in [-0.05, 0) is 85.1 Å². The molecule has 1 N–H and O–H groups in total. The van der Waals surface area contributed by atoms with E-state index in [1.807, 2.05) is 0 Å². The van der Waals surface area contributed by atoms with Crippen LogP contribution in [0.1, 0.15) is 25.0 Å². The van der Waals surface area contributed by atoms with E-state index < -0.39 is 0 Å². The molecule has 0 saturated heterocycles. The molecule has 210 valence electrons. The summed E-state index contributed by atoms with van der Waals surface area (Å²) in [5.74, 6) is 0. The van der Waals surface area contributed by atoms with Crippen molar-refractivity contribution in [3.63, 3.8) is 0 Å². The van der Waals surface area contributed by atoms with Crippen LogP contribution < -0.4 is 5.32 Å². The lowest BCUT2D eigenvalue weighted by Gasteiger charge is -2.22. The number of nitrogens with one attached hydrogen (secondary N) is 1. The molecule has 0 aromatic heterocycles. The van der Waals surface area contributed by atoms with Gasteiger partial charge in [-0.1, -0.05) is 147 Å². The molecule has 1 heteroatoms. The quantitative estimate of drug-likeness (QED) is 0.220. The minimum absolute atomic E-state index is 0.0982. The fourth-order valence-corrected chi connectivity index (χ4v) is 7.05. The molecule has 0 bridgehead atoms. The molecule has 8 rings (SSSR count). The molecule has 7 aromatic rings. The Kier molecular flexibility index (Phi) is 6.20.